The molecule has 0 amide bonds. The molecule has 2 N–H and O–H groups in total. The molecule has 1 aliphatic heterocycles. The number of likely N-dealkylation sites (tertiary alicyclic amines) is 1. The summed E-state index contributed by atoms with van der Waals surface area (Å²) in [5, 5.41) is 14.5. The zero-order valence-corrected chi connectivity index (χ0v) is 17.7. The number of nitrogens with one attached hydrogen (secondary N) is 1. The van der Waals surface area contributed by atoms with Crippen molar-refractivity contribution in [2.45, 2.75) is 44.8 Å². The summed E-state index contributed by atoms with van der Waals surface area (Å²) < 4.78 is 5.94. The van der Waals surface area contributed by atoms with E-state index in [1.54, 1.807) is 0 Å². The number of aliphatic hydroxyl groups is 1. The monoisotopic (exact) mass is 397 g/mol. The van der Waals surface area contributed by atoms with Crippen molar-refractivity contribution in [1.82, 2.24) is 15.1 Å². The Kier molecular flexibility index (Phi) is 10.5. The van der Waals surface area contributed by atoms with Gasteiger partial charge in [-0.25, -0.2) is 0 Å². The van der Waals surface area contributed by atoms with Crippen LogP contribution in [0.15, 0.2) is 18.2 Å². The average Bonchev–Trinajstić information content (AvgIpc) is 2.89. The van der Waals surface area contributed by atoms with Crippen LogP contribution in [-0.4, -0.2) is 74.4 Å². The fraction of sp³-hybridized carbons (Fsp3) is 0.714. The van der Waals surface area contributed by atoms with Gasteiger partial charge < -0.3 is 25.0 Å². The topological polar surface area (TPSA) is 48.0 Å². The van der Waals surface area contributed by atoms with Crippen molar-refractivity contribution >= 4 is 11.6 Å². The van der Waals surface area contributed by atoms with E-state index in [4.69, 9.17) is 16.3 Å². The summed E-state index contributed by atoms with van der Waals surface area (Å²) in [6.45, 7) is 5.89. The molecule has 1 aliphatic rings. The summed E-state index contributed by atoms with van der Waals surface area (Å²) in [6.07, 6.45) is 5.69. The molecular formula is C21H36ClN3O2. The van der Waals surface area contributed by atoms with Gasteiger partial charge in [-0.3, -0.25) is 0 Å². The third-order valence-corrected chi connectivity index (χ3v) is 5.13. The highest BCUT2D eigenvalue weighted by atomic mass is 35.5. The van der Waals surface area contributed by atoms with Gasteiger partial charge in [-0.2, -0.15) is 0 Å². The van der Waals surface area contributed by atoms with E-state index in [0.717, 1.165) is 43.9 Å². The Bertz CT molecular complexity index is 534. The quantitative estimate of drug-likeness (QED) is 0.562. The van der Waals surface area contributed by atoms with Gasteiger partial charge >= 0.3 is 0 Å². The molecule has 1 aromatic rings. The van der Waals surface area contributed by atoms with Gasteiger partial charge in [0.2, 0.25) is 0 Å². The Morgan fingerprint density at radius 3 is 2.67 bits per heavy atom. The van der Waals surface area contributed by atoms with Gasteiger partial charge in [0.25, 0.3) is 0 Å². The summed E-state index contributed by atoms with van der Waals surface area (Å²) in [5.74, 6) is 0.800. The van der Waals surface area contributed by atoms with E-state index in [-0.39, 0.29) is 0 Å². The molecule has 0 bridgehead atoms. The van der Waals surface area contributed by atoms with E-state index in [1.807, 2.05) is 18.2 Å². The first-order valence-corrected chi connectivity index (χ1v) is 10.6. The van der Waals surface area contributed by atoms with Crippen LogP contribution in [-0.2, 0) is 6.54 Å². The molecule has 6 heteroatoms. The third kappa shape index (κ3) is 9.26. The SMILES string of the molecule is CN(C)CCCNCc1cc(Cl)ccc1OC[C@H](O)CN1CCCCCC1. The minimum absolute atomic E-state index is 0.311. The van der Waals surface area contributed by atoms with Crippen LogP contribution in [0.25, 0.3) is 0 Å². The highest BCUT2D eigenvalue weighted by molar-refractivity contribution is 6.30. The minimum atomic E-state index is -0.473. The largest absolute Gasteiger partial charge is 0.491 e. The Hall–Kier alpha value is -0.850. The summed E-state index contributed by atoms with van der Waals surface area (Å²) in [5.41, 5.74) is 1.04. The van der Waals surface area contributed by atoms with E-state index in [1.165, 1.54) is 25.7 Å². The lowest BCUT2D eigenvalue weighted by molar-refractivity contribution is 0.0690. The van der Waals surface area contributed by atoms with Gasteiger partial charge in [-0.05, 0) is 77.7 Å². The number of halogens is 1. The molecule has 1 aromatic carbocycles. The summed E-state index contributed by atoms with van der Waals surface area (Å²) in [4.78, 5) is 4.54. The van der Waals surface area contributed by atoms with E-state index < -0.39 is 6.10 Å². The predicted octanol–water partition coefficient (Wildman–Crippen LogP) is 3.00. The Morgan fingerprint density at radius 1 is 1.22 bits per heavy atom. The smallest absolute Gasteiger partial charge is 0.124 e. The van der Waals surface area contributed by atoms with Gasteiger partial charge in [0.05, 0.1) is 0 Å². The standard InChI is InChI=1S/C21H36ClN3O2/c1-24(2)11-7-10-23-15-18-14-19(22)8-9-21(18)27-17-20(26)16-25-12-5-3-4-6-13-25/h8-9,14,20,23,26H,3-7,10-13,15-17H2,1-2H3/t20-/m1/s1. The Balaban J connectivity index is 1.78. The first kappa shape index (κ1) is 22.4. The summed E-state index contributed by atoms with van der Waals surface area (Å²) in [7, 11) is 4.17. The number of ether oxygens (including phenoxy) is 1. The van der Waals surface area contributed by atoms with E-state index in [9.17, 15) is 5.11 Å². The molecule has 0 aliphatic carbocycles. The first-order chi connectivity index (χ1) is 13.0. The average molecular weight is 398 g/mol. The maximum Gasteiger partial charge on any atom is 0.124 e. The lowest BCUT2D eigenvalue weighted by atomic mass is 10.2. The maximum absolute atomic E-state index is 10.4. The normalized spacial score (nSPS) is 17.1. The van der Waals surface area contributed by atoms with Gasteiger partial charge in [0.15, 0.2) is 0 Å². The highest BCUT2D eigenvalue weighted by Gasteiger charge is 2.15. The van der Waals surface area contributed by atoms with Crippen LogP contribution in [0.2, 0.25) is 5.02 Å². The molecule has 1 fully saturated rings. The number of nitrogens with zero attached hydrogens (tertiary/aromatic N) is 2. The molecule has 0 radical (unpaired) electrons. The van der Waals surface area contributed by atoms with Crippen molar-refractivity contribution in [3.8, 4) is 5.75 Å². The fourth-order valence-electron chi connectivity index (χ4n) is 3.43. The maximum atomic E-state index is 10.4. The number of aliphatic hydroxyl groups excluding tert-OH is 1. The number of hydrogen-bond acceptors (Lipinski definition) is 5. The molecule has 0 unspecified atom stereocenters. The molecule has 1 atom stereocenters. The van der Waals surface area contributed by atoms with Crippen molar-refractivity contribution in [2.75, 3.05) is 53.4 Å². The molecule has 0 aromatic heterocycles. The van der Waals surface area contributed by atoms with Gasteiger partial charge in [0.1, 0.15) is 18.5 Å². The Morgan fingerprint density at radius 2 is 1.96 bits per heavy atom. The number of rotatable bonds is 11. The highest BCUT2D eigenvalue weighted by Crippen LogP contribution is 2.23. The van der Waals surface area contributed by atoms with Gasteiger partial charge in [-0.1, -0.05) is 24.4 Å². The summed E-state index contributed by atoms with van der Waals surface area (Å²) in [6, 6.07) is 5.68. The zero-order valence-electron chi connectivity index (χ0n) is 16.9. The lowest BCUT2D eigenvalue weighted by Crippen LogP contribution is -2.36. The van der Waals surface area contributed by atoms with E-state index >= 15 is 0 Å². The second kappa shape index (κ2) is 12.6. The van der Waals surface area contributed by atoms with Crippen molar-refractivity contribution in [2.24, 2.45) is 0 Å². The molecule has 0 spiro atoms. The third-order valence-electron chi connectivity index (χ3n) is 4.90. The van der Waals surface area contributed by atoms with Crippen LogP contribution in [0.4, 0.5) is 0 Å². The molecular weight excluding hydrogens is 362 g/mol. The molecule has 1 saturated heterocycles. The van der Waals surface area contributed by atoms with Gasteiger partial charge in [-0.15, -0.1) is 0 Å². The van der Waals surface area contributed by atoms with Crippen LogP contribution in [0.5, 0.6) is 5.75 Å². The minimum Gasteiger partial charge on any atom is -0.491 e. The zero-order chi connectivity index (χ0) is 19.5. The number of β-amino-alcohol motifs (C(OH)–C–C–N with tert-alkyl or cyclic N) is 1. The first-order valence-electron chi connectivity index (χ1n) is 10.2. The summed E-state index contributed by atoms with van der Waals surface area (Å²) >= 11 is 6.16. The molecule has 154 valence electrons. The molecule has 5 nitrogen and oxygen atoms in total. The van der Waals surface area contributed by atoms with Crippen LogP contribution in [0.3, 0.4) is 0 Å². The Labute approximate surface area is 169 Å². The number of hydrogen-bond donors (Lipinski definition) is 2. The van der Waals surface area contributed by atoms with Crippen molar-refractivity contribution in [3.05, 3.63) is 28.8 Å². The van der Waals surface area contributed by atoms with Crippen molar-refractivity contribution in [3.63, 3.8) is 0 Å². The number of benzene rings is 1. The predicted molar refractivity (Wildman–Crippen MR) is 113 cm³/mol. The van der Waals surface area contributed by atoms with Crippen LogP contribution in [0.1, 0.15) is 37.7 Å². The van der Waals surface area contributed by atoms with Crippen molar-refractivity contribution < 1.29 is 9.84 Å². The van der Waals surface area contributed by atoms with Crippen molar-refractivity contribution in [1.29, 1.82) is 0 Å². The van der Waals surface area contributed by atoms with Crippen LogP contribution >= 0.6 is 11.6 Å². The van der Waals surface area contributed by atoms with Crippen LogP contribution in [0, 0.1) is 0 Å². The second-order valence-corrected chi connectivity index (χ2v) is 8.20. The molecule has 0 saturated carbocycles. The van der Waals surface area contributed by atoms with Crippen LogP contribution < -0.4 is 10.1 Å². The molecule has 2 rings (SSSR count). The van der Waals surface area contributed by atoms with E-state index in [0.29, 0.717) is 24.7 Å². The van der Waals surface area contributed by atoms with E-state index in [2.05, 4.69) is 29.2 Å². The molecule has 1 heterocycles. The fourth-order valence-corrected chi connectivity index (χ4v) is 3.62. The van der Waals surface area contributed by atoms with Gasteiger partial charge in [0, 0.05) is 23.7 Å². The molecule has 27 heavy (non-hydrogen) atoms. The lowest BCUT2D eigenvalue weighted by Gasteiger charge is -2.23. The second-order valence-electron chi connectivity index (χ2n) is 7.77.